The van der Waals surface area contributed by atoms with Gasteiger partial charge in [-0.2, -0.15) is 0 Å². The summed E-state index contributed by atoms with van der Waals surface area (Å²) in [6.07, 6.45) is 1.74. The highest BCUT2D eigenvalue weighted by atomic mass is 32.1. The fourth-order valence-electron chi connectivity index (χ4n) is 4.91. The highest BCUT2D eigenvalue weighted by molar-refractivity contribution is 7.07. The minimum absolute atomic E-state index is 0.166. The van der Waals surface area contributed by atoms with E-state index in [1.165, 1.54) is 42.3 Å². The van der Waals surface area contributed by atoms with Crippen molar-refractivity contribution >= 4 is 29.4 Å². The molecule has 1 aliphatic heterocycles. The van der Waals surface area contributed by atoms with Crippen molar-refractivity contribution in [1.29, 1.82) is 0 Å². The summed E-state index contributed by atoms with van der Waals surface area (Å²) in [5.74, 6) is -0.0502. The van der Waals surface area contributed by atoms with Crippen LogP contribution in [0.15, 0.2) is 87.8 Å². The lowest BCUT2D eigenvalue weighted by molar-refractivity contribution is -0.139. The average molecular weight is 615 g/mol. The fraction of sp³-hybridized carbons (Fsp3) is 0.212. The van der Waals surface area contributed by atoms with Gasteiger partial charge in [0.2, 0.25) is 0 Å². The summed E-state index contributed by atoms with van der Waals surface area (Å²) in [7, 11) is 3.05. The van der Waals surface area contributed by atoms with Crippen LogP contribution in [0.25, 0.3) is 6.08 Å². The molecular formula is C33H30N2O8S. The molecule has 0 spiro atoms. The van der Waals surface area contributed by atoms with Crippen LogP contribution in [-0.2, 0) is 16.1 Å². The molecule has 5 rings (SSSR count). The number of aromatic nitrogens is 1. The largest absolute Gasteiger partial charge is 0.493 e. The summed E-state index contributed by atoms with van der Waals surface area (Å²) in [4.78, 5) is 43.5. The number of ether oxygens (including phenoxy) is 4. The molecule has 2 heterocycles. The average Bonchev–Trinajstić information content (AvgIpc) is 3.33. The number of rotatable bonds is 10. The van der Waals surface area contributed by atoms with Gasteiger partial charge in [0.05, 0.1) is 48.2 Å². The number of hydrogen-bond donors (Lipinski definition) is 1. The summed E-state index contributed by atoms with van der Waals surface area (Å²) in [6, 6.07) is 18.2. The summed E-state index contributed by atoms with van der Waals surface area (Å²) in [5.41, 5.74) is 2.67. The Labute approximate surface area is 256 Å². The van der Waals surface area contributed by atoms with Crippen LogP contribution in [0.3, 0.4) is 0 Å². The Morgan fingerprint density at radius 1 is 1.00 bits per heavy atom. The normalized spacial score (nSPS) is 14.5. The lowest BCUT2D eigenvalue weighted by Gasteiger charge is -2.25. The number of aromatic carboxylic acids is 1. The summed E-state index contributed by atoms with van der Waals surface area (Å²) >= 11 is 1.21. The predicted octanol–water partition coefficient (Wildman–Crippen LogP) is 4.09. The van der Waals surface area contributed by atoms with Gasteiger partial charge in [0.15, 0.2) is 16.3 Å². The van der Waals surface area contributed by atoms with Crippen LogP contribution in [-0.4, -0.2) is 42.4 Å². The summed E-state index contributed by atoms with van der Waals surface area (Å²) < 4.78 is 24.3. The highest BCUT2D eigenvalue weighted by Gasteiger charge is 2.34. The number of hydrogen-bond acceptors (Lipinski definition) is 9. The molecule has 1 aromatic heterocycles. The third-order valence-electron chi connectivity index (χ3n) is 7.04. The monoisotopic (exact) mass is 614 g/mol. The molecule has 1 N–H and O–H groups in total. The Hall–Kier alpha value is -5.16. The van der Waals surface area contributed by atoms with E-state index in [-0.39, 0.29) is 29.9 Å². The maximum absolute atomic E-state index is 14.1. The number of carbonyl (C=O) groups is 2. The topological polar surface area (TPSA) is 126 Å². The van der Waals surface area contributed by atoms with E-state index in [0.29, 0.717) is 43.4 Å². The fourth-order valence-corrected chi connectivity index (χ4v) is 5.94. The summed E-state index contributed by atoms with van der Waals surface area (Å²) in [6.45, 7) is 3.81. The number of para-hydroxylation sites is 1. The summed E-state index contributed by atoms with van der Waals surface area (Å²) in [5, 5.41) is 9.14. The van der Waals surface area contributed by atoms with E-state index in [9.17, 15) is 14.4 Å². The Kier molecular flexibility index (Phi) is 8.96. The number of carboxylic acids is 1. The van der Waals surface area contributed by atoms with Gasteiger partial charge >= 0.3 is 11.9 Å². The lowest BCUT2D eigenvalue weighted by Crippen LogP contribution is -2.40. The maximum Gasteiger partial charge on any atom is 0.338 e. The van der Waals surface area contributed by atoms with E-state index in [4.69, 9.17) is 24.1 Å². The third kappa shape index (κ3) is 6.00. The van der Waals surface area contributed by atoms with Crippen molar-refractivity contribution in [2.75, 3.05) is 20.8 Å². The minimum atomic E-state index is -0.998. The second kappa shape index (κ2) is 13.0. The number of carboxylic acid groups (broad SMARTS) is 1. The van der Waals surface area contributed by atoms with Crippen molar-refractivity contribution in [3.05, 3.63) is 120 Å². The number of nitrogens with zero attached hydrogens (tertiary/aromatic N) is 2. The molecular weight excluding hydrogens is 584 g/mol. The number of thiazole rings is 1. The van der Waals surface area contributed by atoms with Gasteiger partial charge in [0.1, 0.15) is 12.4 Å². The molecule has 0 saturated carbocycles. The first-order chi connectivity index (χ1) is 21.2. The third-order valence-corrected chi connectivity index (χ3v) is 8.02. The van der Waals surface area contributed by atoms with Gasteiger partial charge in [-0.15, -0.1) is 0 Å². The van der Waals surface area contributed by atoms with Crippen molar-refractivity contribution in [2.45, 2.75) is 26.5 Å². The zero-order chi connectivity index (χ0) is 31.4. The molecule has 10 nitrogen and oxygen atoms in total. The number of fused-ring (bicyclic) bond motifs is 1. The number of allylic oxidation sites excluding steroid dienone is 1. The molecule has 44 heavy (non-hydrogen) atoms. The molecule has 3 aromatic carbocycles. The van der Waals surface area contributed by atoms with E-state index in [0.717, 1.165) is 5.56 Å². The molecule has 0 amide bonds. The molecule has 0 saturated heterocycles. The molecule has 0 fully saturated rings. The Bertz CT molecular complexity index is 1940. The number of esters is 1. The molecule has 11 heteroatoms. The maximum atomic E-state index is 14.1. The first-order valence-corrected chi connectivity index (χ1v) is 14.5. The van der Waals surface area contributed by atoms with E-state index in [1.54, 1.807) is 56.3 Å². The van der Waals surface area contributed by atoms with E-state index < -0.39 is 18.0 Å². The van der Waals surface area contributed by atoms with Gasteiger partial charge in [-0.3, -0.25) is 9.36 Å². The van der Waals surface area contributed by atoms with Crippen molar-refractivity contribution in [3.8, 4) is 17.2 Å². The van der Waals surface area contributed by atoms with Crippen LogP contribution in [0.4, 0.5) is 0 Å². The molecule has 0 aliphatic carbocycles. The first-order valence-electron chi connectivity index (χ1n) is 13.7. The molecule has 4 aromatic rings. The van der Waals surface area contributed by atoms with Crippen LogP contribution in [0, 0.1) is 0 Å². The quantitative estimate of drug-likeness (QED) is 0.265. The number of benzene rings is 3. The highest BCUT2D eigenvalue weighted by Crippen LogP contribution is 2.36. The van der Waals surface area contributed by atoms with Crippen molar-refractivity contribution in [1.82, 2.24) is 4.57 Å². The van der Waals surface area contributed by atoms with Gasteiger partial charge in [-0.05, 0) is 61.4 Å². The molecule has 226 valence electrons. The molecule has 1 aliphatic rings. The second-order valence-corrected chi connectivity index (χ2v) is 10.8. The van der Waals surface area contributed by atoms with Gasteiger partial charge < -0.3 is 24.1 Å². The van der Waals surface area contributed by atoms with E-state index in [2.05, 4.69) is 4.99 Å². The minimum Gasteiger partial charge on any atom is -0.493 e. The molecule has 0 radical (unpaired) electrons. The standard InChI is InChI=1S/C33H30N2O8S/c1-5-42-32(39)28-19(2)34-33-35(29(28)23-14-15-25(40-3)26(16-23)41-4)30(36)27(44-33)17-22-8-6-7-9-24(22)43-18-20-10-12-21(13-11-20)31(37)38/h6-17,29H,5,18H2,1-4H3,(H,37,38)/b27-17-/t29-/m1/s1. The van der Waals surface area contributed by atoms with Crippen molar-refractivity contribution in [3.63, 3.8) is 0 Å². The van der Waals surface area contributed by atoms with E-state index >= 15 is 0 Å². The molecule has 1 atom stereocenters. The molecule has 0 bridgehead atoms. The van der Waals surface area contributed by atoms with Crippen LogP contribution in [0.2, 0.25) is 0 Å². The van der Waals surface area contributed by atoms with Crippen molar-refractivity contribution < 1.29 is 33.6 Å². The van der Waals surface area contributed by atoms with Gasteiger partial charge in [0, 0.05) is 5.56 Å². The number of carbonyl (C=O) groups excluding carboxylic acids is 1. The van der Waals surface area contributed by atoms with E-state index in [1.807, 2.05) is 18.2 Å². The second-order valence-electron chi connectivity index (χ2n) is 9.75. The lowest BCUT2D eigenvalue weighted by atomic mass is 9.95. The predicted molar refractivity (Wildman–Crippen MR) is 164 cm³/mol. The van der Waals surface area contributed by atoms with Gasteiger partial charge in [-0.1, -0.05) is 47.7 Å². The Morgan fingerprint density at radius 3 is 2.41 bits per heavy atom. The SMILES string of the molecule is CCOC(=O)C1=C(C)N=c2s/c(=C\c3ccccc3OCc3ccc(C(=O)O)cc3)c(=O)n2[C@@H]1c1ccc(OC)c(OC)c1. The van der Waals surface area contributed by atoms with Crippen LogP contribution in [0.1, 0.15) is 46.9 Å². The smallest absolute Gasteiger partial charge is 0.338 e. The van der Waals surface area contributed by atoms with Crippen LogP contribution in [0.5, 0.6) is 17.2 Å². The van der Waals surface area contributed by atoms with Crippen LogP contribution < -0.4 is 29.1 Å². The number of methoxy groups -OCH3 is 2. The van der Waals surface area contributed by atoms with Gasteiger partial charge in [0.25, 0.3) is 5.56 Å². The Morgan fingerprint density at radius 2 is 1.73 bits per heavy atom. The molecule has 0 unspecified atom stereocenters. The Balaban J connectivity index is 1.58. The first kappa shape index (κ1) is 30.3. The van der Waals surface area contributed by atoms with Gasteiger partial charge in [-0.25, -0.2) is 14.6 Å². The zero-order valence-corrected chi connectivity index (χ0v) is 25.3. The van der Waals surface area contributed by atoms with Crippen LogP contribution >= 0.6 is 11.3 Å². The van der Waals surface area contributed by atoms with Crippen molar-refractivity contribution in [2.24, 2.45) is 4.99 Å². The zero-order valence-electron chi connectivity index (χ0n) is 24.5.